The third kappa shape index (κ3) is 4.82. The molecule has 0 spiro atoms. The summed E-state index contributed by atoms with van der Waals surface area (Å²) in [5, 5.41) is 14.1. The molecule has 3 aromatic rings. The maximum atomic E-state index is 13.7. The fraction of sp³-hybridized carbons (Fsp3) is 0.435. The van der Waals surface area contributed by atoms with Gasteiger partial charge in [0, 0.05) is 50.4 Å². The summed E-state index contributed by atoms with van der Waals surface area (Å²) in [5.41, 5.74) is 1.68. The van der Waals surface area contributed by atoms with E-state index in [0.29, 0.717) is 61.9 Å². The Bertz CT molecular complexity index is 1200. The van der Waals surface area contributed by atoms with Crippen molar-refractivity contribution in [2.45, 2.75) is 31.7 Å². The predicted molar refractivity (Wildman–Crippen MR) is 119 cm³/mol. The molecule has 33 heavy (non-hydrogen) atoms. The van der Waals surface area contributed by atoms with Crippen molar-refractivity contribution >= 4 is 11.0 Å². The summed E-state index contributed by atoms with van der Waals surface area (Å²) in [5.74, 6) is 0.876. The molecule has 0 saturated carbocycles. The smallest absolute Gasteiger partial charge is 0.251 e. The monoisotopic (exact) mass is 455 g/mol. The third-order valence-electron chi connectivity index (χ3n) is 6.14. The molecule has 0 unspecified atom stereocenters. The first-order valence-corrected chi connectivity index (χ1v) is 11.1. The summed E-state index contributed by atoms with van der Waals surface area (Å²) in [6, 6.07) is 6.19. The highest BCUT2D eigenvalue weighted by Gasteiger charge is 2.27. The standard InChI is InChI=1S/C23H26FN5O4/c24-15-9-19-17(26-11-15)1-2-23(31)29(19)6-5-28-4-3-18(20(30)14-28)27-12-16-10-21-22(13-25-16)33-8-7-32-21/h1-2,9-11,13,18,20,27,30H,3-8,12,14H2/t18-,20+/m0/s1. The van der Waals surface area contributed by atoms with Crippen molar-refractivity contribution < 1.29 is 19.0 Å². The quantitative estimate of drug-likeness (QED) is 0.566. The van der Waals surface area contributed by atoms with Crippen LogP contribution in [0.15, 0.2) is 41.5 Å². The number of ether oxygens (including phenoxy) is 2. The number of rotatable bonds is 6. The summed E-state index contributed by atoms with van der Waals surface area (Å²) >= 11 is 0. The van der Waals surface area contributed by atoms with Crippen LogP contribution >= 0.6 is 0 Å². The molecule has 0 aromatic carbocycles. The maximum Gasteiger partial charge on any atom is 0.251 e. The van der Waals surface area contributed by atoms with E-state index in [9.17, 15) is 14.3 Å². The van der Waals surface area contributed by atoms with Gasteiger partial charge in [0.05, 0.1) is 35.2 Å². The zero-order valence-electron chi connectivity index (χ0n) is 18.1. The van der Waals surface area contributed by atoms with Gasteiger partial charge in [-0.1, -0.05) is 0 Å². The van der Waals surface area contributed by atoms with Crippen LogP contribution in [0.25, 0.3) is 11.0 Å². The normalized spacial score (nSPS) is 20.8. The van der Waals surface area contributed by atoms with Crippen LogP contribution in [-0.4, -0.2) is 69.5 Å². The molecule has 3 aromatic heterocycles. The van der Waals surface area contributed by atoms with Crippen molar-refractivity contribution in [3.63, 3.8) is 0 Å². The summed E-state index contributed by atoms with van der Waals surface area (Å²) in [6.07, 6.45) is 3.01. The second-order valence-electron chi connectivity index (χ2n) is 8.34. The lowest BCUT2D eigenvalue weighted by Crippen LogP contribution is -2.53. The number of aliphatic hydroxyl groups excluding tert-OH is 1. The molecular weight excluding hydrogens is 429 g/mol. The first kappa shape index (κ1) is 21.7. The molecule has 0 bridgehead atoms. The fourth-order valence-electron chi connectivity index (χ4n) is 4.37. The molecule has 2 aliphatic heterocycles. The van der Waals surface area contributed by atoms with E-state index in [4.69, 9.17) is 9.47 Å². The van der Waals surface area contributed by atoms with E-state index in [1.165, 1.54) is 16.7 Å². The Labute approximate surface area is 189 Å². The van der Waals surface area contributed by atoms with Crippen molar-refractivity contribution in [3.8, 4) is 11.5 Å². The summed E-state index contributed by atoms with van der Waals surface area (Å²) in [7, 11) is 0. The third-order valence-corrected chi connectivity index (χ3v) is 6.14. The molecule has 2 N–H and O–H groups in total. The second kappa shape index (κ2) is 9.42. The van der Waals surface area contributed by atoms with Gasteiger partial charge in [-0.3, -0.25) is 19.7 Å². The Morgan fingerprint density at radius 3 is 2.82 bits per heavy atom. The Balaban J connectivity index is 1.16. The molecule has 0 radical (unpaired) electrons. The fourth-order valence-corrected chi connectivity index (χ4v) is 4.37. The number of aliphatic hydroxyl groups is 1. The van der Waals surface area contributed by atoms with E-state index in [-0.39, 0.29) is 11.6 Å². The van der Waals surface area contributed by atoms with Gasteiger partial charge in [-0.2, -0.15) is 0 Å². The number of nitrogens with one attached hydrogen (secondary N) is 1. The Morgan fingerprint density at radius 1 is 1.12 bits per heavy atom. The number of β-amino-alcohol motifs (C(OH)–C–C–N with tert-alkyl or cyclic N) is 1. The van der Waals surface area contributed by atoms with Gasteiger partial charge >= 0.3 is 0 Å². The SMILES string of the molecule is O=c1ccc2ncc(F)cc2n1CCN1CC[C@H](NCc2cc3c(cn2)OCCO3)[C@H](O)C1. The van der Waals surface area contributed by atoms with Crippen LogP contribution in [-0.2, 0) is 13.1 Å². The van der Waals surface area contributed by atoms with Gasteiger partial charge in [0.2, 0.25) is 0 Å². The number of aromatic nitrogens is 3. The number of fused-ring (bicyclic) bond motifs is 2. The highest BCUT2D eigenvalue weighted by Crippen LogP contribution is 2.29. The number of piperidine rings is 1. The van der Waals surface area contributed by atoms with E-state index in [0.717, 1.165) is 24.9 Å². The number of hydrogen-bond donors (Lipinski definition) is 2. The van der Waals surface area contributed by atoms with Crippen LogP contribution in [0.5, 0.6) is 11.5 Å². The number of likely N-dealkylation sites (tertiary alicyclic amines) is 1. The number of pyridine rings is 3. The molecule has 1 saturated heterocycles. The average Bonchev–Trinajstić information content (AvgIpc) is 2.82. The van der Waals surface area contributed by atoms with Gasteiger partial charge in [0.15, 0.2) is 11.5 Å². The van der Waals surface area contributed by atoms with Crippen LogP contribution in [0, 0.1) is 5.82 Å². The lowest BCUT2D eigenvalue weighted by atomic mass is 10.0. The van der Waals surface area contributed by atoms with Gasteiger partial charge in [-0.25, -0.2) is 4.39 Å². The molecule has 1 fully saturated rings. The first-order chi connectivity index (χ1) is 16.1. The average molecular weight is 455 g/mol. The van der Waals surface area contributed by atoms with Crippen molar-refractivity contribution in [1.82, 2.24) is 24.8 Å². The molecule has 174 valence electrons. The van der Waals surface area contributed by atoms with E-state index >= 15 is 0 Å². The minimum absolute atomic E-state index is 0.0603. The largest absolute Gasteiger partial charge is 0.486 e. The van der Waals surface area contributed by atoms with E-state index in [1.54, 1.807) is 12.3 Å². The zero-order valence-corrected chi connectivity index (χ0v) is 18.1. The van der Waals surface area contributed by atoms with Crippen LogP contribution < -0.4 is 20.3 Å². The Kier molecular flexibility index (Phi) is 6.21. The summed E-state index contributed by atoms with van der Waals surface area (Å²) in [6.45, 7) is 3.80. The van der Waals surface area contributed by atoms with Crippen molar-refractivity contribution in [2.75, 3.05) is 32.8 Å². The van der Waals surface area contributed by atoms with Crippen LogP contribution in [0.3, 0.4) is 0 Å². The topological polar surface area (TPSA) is 102 Å². The lowest BCUT2D eigenvalue weighted by molar-refractivity contribution is 0.0384. The minimum Gasteiger partial charge on any atom is -0.486 e. The number of nitrogens with zero attached hydrogens (tertiary/aromatic N) is 4. The zero-order chi connectivity index (χ0) is 22.8. The summed E-state index contributed by atoms with van der Waals surface area (Å²) < 4.78 is 26.3. The Hall–Kier alpha value is -3.08. The molecule has 2 aliphatic rings. The predicted octanol–water partition coefficient (Wildman–Crippen LogP) is 0.927. The molecule has 9 nitrogen and oxygen atoms in total. The van der Waals surface area contributed by atoms with Crippen molar-refractivity contribution in [2.24, 2.45) is 0 Å². The van der Waals surface area contributed by atoms with Gasteiger partial charge in [0.25, 0.3) is 5.56 Å². The minimum atomic E-state index is -0.556. The van der Waals surface area contributed by atoms with E-state index < -0.39 is 11.9 Å². The van der Waals surface area contributed by atoms with E-state index in [2.05, 4.69) is 20.2 Å². The molecule has 2 atom stereocenters. The maximum absolute atomic E-state index is 13.7. The van der Waals surface area contributed by atoms with Crippen molar-refractivity contribution in [3.05, 3.63) is 58.5 Å². The highest BCUT2D eigenvalue weighted by molar-refractivity contribution is 5.74. The van der Waals surface area contributed by atoms with Crippen LogP contribution in [0.2, 0.25) is 0 Å². The van der Waals surface area contributed by atoms with Crippen LogP contribution in [0.4, 0.5) is 4.39 Å². The molecule has 5 heterocycles. The molecule has 10 heteroatoms. The van der Waals surface area contributed by atoms with Crippen LogP contribution in [0.1, 0.15) is 12.1 Å². The Morgan fingerprint density at radius 2 is 1.97 bits per heavy atom. The second-order valence-corrected chi connectivity index (χ2v) is 8.34. The molecule has 0 amide bonds. The number of hydrogen-bond acceptors (Lipinski definition) is 8. The molecular formula is C23H26FN5O4. The number of halogens is 1. The lowest BCUT2D eigenvalue weighted by Gasteiger charge is -2.36. The highest BCUT2D eigenvalue weighted by atomic mass is 19.1. The molecule has 5 rings (SSSR count). The van der Waals surface area contributed by atoms with Gasteiger partial charge in [-0.15, -0.1) is 0 Å². The van der Waals surface area contributed by atoms with Gasteiger partial charge in [-0.05, 0) is 19.0 Å². The summed E-state index contributed by atoms with van der Waals surface area (Å²) in [4.78, 5) is 22.9. The van der Waals surface area contributed by atoms with Crippen molar-refractivity contribution in [1.29, 1.82) is 0 Å². The molecule has 0 aliphatic carbocycles. The van der Waals surface area contributed by atoms with E-state index in [1.807, 2.05) is 6.07 Å². The first-order valence-electron chi connectivity index (χ1n) is 11.1. The van der Waals surface area contributed by atoms with Gasteiger partial charge in [0.1, 0.15) is 19.0 Å². The van der Waals surface area contributed by atoms with Gasteiger partial charge < -0.3 is 24.5 Å².